The summed E-state index contributed by atoms with van der Waals surface area (Å²) >= 11 is 0. The number of alkyl halides is 3. The number of piperidine rings is 1. The molecular formula is C28H29F4N5O3. The molecule has 0 aromatic heterocycles. The first-order valence-electron chi connectivity index (χ1n) is 13.3. The number of nitrogens with zero attached hydrogens (tertiary/aromatic N) is 4. The maximum absolute atomic E-state index is 15.2. The van der Waals surface area contributed by atoms with E-state index in [1.54, 1.807) is 6.07 Å². The predicted octanol–water partition coefficient (Wildman–Crippen LogP) is 5.23. The number of benzene rings is 2. The van der Waals surface area contributed by atoms with Crippen LogP contribution in [0.2, 0.25) is 0 Å². The van der Waals surface area contributed by atoms with Gasteiger partial charge < -0.3 is 4.90 Å². The Kier molecular flexibility index (Phi) is 7.70. The van der Waals surface area contributed by atoms with Crippen LogP contribution in [0.5, 0.6) is 0 Å². The van der Waals surface area contributed by atoms with Crippen LogP contribution < -0.4 is 15.3 Å². The number of fused-ring (bicyclic) bond motifs is 1. The average molecular weight is 560 g/mol. The van der Waals surface area contributed by atoms with Gasteiger partial charge in [0.05, 0.1) is 40.9 Å². The highest BCUT2D eigenvalue weighted by Gasteiger charge is 2.48. The second-order valence-electron chi connectivity index (χ2n) is 10.5. The van der Waals surface area contributed by atoms with Crippen molar-refractivity contribution in [2.45, 2.75) is 62.9 Å². The first kappa shape index (κ1) is 27.9. The minimum Gasteiger partial charge on any atom is -0.306 e. The number of hydrogen-bond acceptors (Lipinski definition) is 5. The number of carbonyl (C=O) groups excluding carboxylic acids is 2. The van der Waals surface area contributed by atoms with Gasteiger partial charge in [0.1, 0.15) is 5.82 Å². The van der Waals surface area contributed by atoms with E-state index in [1.807, 2.05) is 7.05 Å². The predicted molar refractivity (Wildman–Crippen MR) is 138 cm³/mol. The Hall–Kier alpha value is -3.69. The Morgan fingerprint density at radius 1 is 1.00 bits per heavy atom. The van der Waals surface area contributed by atoms with Gasteiger partial charge in [-0.1, -0.05) is 12.8 Å². The lowest BCUT2D eigenvalue weighted by molar-refractivity contribution is -0.137. The fourth-order valence-corrected chi connectivity index (χ4v) is 5.84. The highest BCUT2D eigenvalue weighted by atomic mass is 19.4. The molecule has 3 aliphatic rings. The van der Waals surface area contributed by atoms with E-state index in [0.717, 1.165) is 57.0 Å². The Morgan fingerprint density at radius 2 is 1.60 bits per heavy atom. The Balaban J connectivity index is 1.39. The minimum atomic E-state index is -4.77. The number of hydrogen-bond donors (Lipinski definition) is 1. The summed E-state index contributed by atoms with van der Waals surface area (Å²) in [6.45, 7) is 1.65. The molecule has 2 heterocycles. The fourth-order valence-electron chi connectivity index (χ4n) is 5.84. The topological polar surface area (TPSA) is 88.9 Å². The molecule has 1 N–H and O–H groups in total. The highest BCUT2D eigenvalue weighted by Crippen LogP contribution is 2.42. The number of hydroxylamine groups is 1. The van der Waals surface area contributed by atoms with E-state index >= 15 is 4.39 Å². The maximum atomic E-state index is 15.2. The van der Waals surface area contributed by atoms with Gasteiger partial charge in [0.2, 0.25) is 0 Å². The van der Waals surface area contributed by atoms with E-state index in [-0.39, 0.29) is 23.0 Å². The number of halogens is 4. The largest absolute Gasteiger partial charge is 0.417 e. The first-order chi connectivity index (χ1) is 19.1. The van der Waals surface area contributed by atoms with Crippen LogP contribution in [0.15, 0.2) is 36.4 Å². The molecule has 2 aliphatic heterocycles. The number of nitrogens with one attached hydrogen (secondary N) is 1. The van der Waals surface area contributed by atoms with Crippen LogP contribution in [0.4, 0.5) is 33.7 Å². The molecule has 0 bridgehead atoms. The summed E-state index contributed by atoms with van der Waals surface area (Å²) in [6.07, 6.45) is -0.737. The van der Waals surface area contributed by atoms with Crippen molar-refractivity contribution in [1.82, 2.24) is 10.4 Å². The van der Waals surface area contributed by atoms with Crippen molar-refractivity contribution in [3.8, 4) is 6.07 Å². The van der Waals surface area contributed by atoms with Crippen molar-refractivity contribution in [2.75, 3.05) is 29.9 Å². The van der Waals surface area contributed by atoms with Crippen molar-refractivity contribution < 1.29 is 32.0 Å². The van der Waals surface area contributed by atoms with Gasteiger partial charge in [0, 0.05) is 24.5 Å². The lowest BCUT2D eigenvalue weighted by atomic mass is 9.89. The quantitative estimate of drug-likeness (QED) is 0.401. The minimum absolute atomic E-state index is 0.0262. The van der Waals surface area contributed by atoms with Gasteiger partial charge in [-0.05, 0) is 69.1 Å². The number of rotatable bonds is 5. The number of anilines is 2. The van der Waals surface area contributed by atoms with E-state index in [4.69, 9.17) is 10.1 Å². The lowest BCUT2D eigenvalue weighted by Gasteiger charge is -2.32. The molecule has 12 heteroatoms. The van der Waals surface area contributed by atoms with E-state index in [2.05, 4.69) is 10.4 Å². The monoisotopic (exact) mass is 559 g/mol. The summed E-state index contributed by atoms with van der Waals surface area (Å²) < 4.78 is 56.1. The van der Waals surface area contributed by atoms with Gasteiger partial charge in [0.25, 0.3) is 5.91 Å². The number of carbonyl (C=O) groups is 2. The van der Waals surface area contributed by atoms with E-state index < -0.39 is 47.1 Å². The van der Waals surface area contributed by atoms with Gasteiger partial charge in [-0.15, -0.1) is 0 Å². The molecule has 5 rings (SSSR count). The molecule has 0 unspecified atom stereocenters. The molecule has 2 saturated heterocycles. The van der Waals surface area contributed by atoms with E-state index in [0.29, 0.717) is 12.8 Å². The van der Waals surface area contributed by atoms with Crippen LogP contribution in [0.1, 0.15) is 60.0 Å². The number of amides is 3. The van der Waals surface area contributed by atoms with Crippen LogP contribution in [0.25, 0.3) is 0 Å². The van der Waals surface area contributed by atoms with Crippen LogP contribution >= 0.6 is 0 Å². The summed E-state index contributed by atoms with van der Waals surface area (Å²) in [4.78, 5) is 36.6. The number of nitriles is 1. The molecule has 40 heavy (non-hydrogen) atoms. The SMILES string of the molecule is CN1CCC(ONC(=O)c2ccc(N3C(=O)N(c4ccc(C#N)c(C(F)(F)F)c4)[C@H]4CCCC[C@@H]43)cc2F)CC1. The zero-order chi connectivity index (χ0) is 28.6. The average Bonchev–Trinajstić information content (AvgIpc) is 3.23. The molecule has 1 saturated carbocycles. The fraction of sp³-hybridized carbons (Fsp3) is 0.464. The molecule has 3 fully saturated rings. The van der Waals surface area contributed by atoms with Crippen molar-refractivity contribution in [3.63, 3.8) is 0 Å². The third-order valence-corrected chi connectivity index (χ3v) is 7.94. The van der Waals surface area contributed by atoms with Crippen molar-refractivity contribution in [3.05, 3.63) is 58.9 Å². The molecule has 1 aliphatic carbocycles. The normalized spacial score (nSPS) is 22.2. The summed E-state index contributed by atoms with van der Waals surface area (Å²) in [5.41, 5.74) is 0.660. The Labute approximate surface area is 229 Å². The molecule has 8 nitrogen and oxygen atoms in total. The molecule has 3 amide bonds. The van der Waals surface area contributed by atoms with Crippen LogP contribution in [0.3, 0.4) is 0 Å². The third-order valence-electron chi connectivity index (χ3n) is 7.94. The molecular weight excluding hydrogens is 530 g/mol. The van der Waals surface area contributed by atoms with Crippen LogP contribution in [-0.4, -0.2) is 55.2 Å². The van der Waals surface area contributed by atoms with Crippen LogP contribution in [0, 0.1) is 17.1 Å². The smallest absolute Gasteiger partial charge is 0.306 e. The molecule has 0 radical (unpaired) electrons. The number of urea groups is 1. The van der Waals surface area contributed by atoms with Gasteiger partial charge in [-0.3, -0.25) is 19.4 Å². The Bertz CT molecular complexity index is 1340. The zero-order valence-electron chi connectivity index (χ0n) is 21.9. The summed E-state index contributed by atoms with van der Waals surface area (Å²) in [5.74, 6) is -1.59. The molecule has 2 atom stereocenters. The molecule has 212 valence electrons. The standard InChI is InChI=1S/C28H29F4N5O3/c1-35-12-10-20(11-13-35)40-34-26(38)21-9-8-19(15-23(21)29)37-25-5-3-2-4-24(25)36(27(37)39)18-7-6-17(16-33)22(14-18)28(30,31)32/h6-9,14-15,20,24-25H,2-5,10-13H2,1H3,(H,34,38)/t24-,25-/m0/s1. The first-order valence-corrected chi connectivity index (χ1v) is 13.3. The van der Waals surface area contributed by atoms with E-state index in [9.17, 15) is 22.8 Å². The molecule has 0 spiro atoms. The summed E-state index contributed by atoms with van der Waals surface area (Å²) in [7, 11) is 2.00. The van der Waals surface area contributed by atoms with Crippen molar-refractivity contribution in [2.24, 2.45) is 0 Å². The number of likely N-dealkylation sites (tertiary alicyclic amines) is 1. The zero-order valence-corrected chi connectivity index (χ0v) is 21.9. The van der Waals surface area contributed by atoms with Gasteiger partial charge >= 0.3 is 12.2 Å². The second kappa shape index (κ2) is 11.1. The summed E-state index contributed by atoms with van der Waals surface area (Å²) in [6, 6.07) is 7.19. The third kappa shape index (κ3) is 5.36. The van der Waals surface area contributed by atoms with Gasteiger partial charge in [-0.25, -0.2) is 14.7 Å². The van der Waals surface area contributed by atoms with Gasteiger partial charge in [-0.2, -0.15) is 18.4 Å². The van der Waals surface area contributed by atoms with E-state index in [1.165, 1.54) is 28.0 Å². The molecule has 2 aromatic carbocycles. The van der Waals surface area contributed by atoms with Gasteiger partial charge in [0.15, 0.2) is 0 Å². The second-order valence-corrected chi connectivity index (χ2v) is 10.5. The van der Waals surface area contributed by atoms with Crippen LogP contribution in [-0.2, 0) is 11.0 Å². The lowest BCUT2D eigenvalue weighted by Crippen LogP contribution is -2.40. The van der Waals surface area contributed by atoms with Crippen molar-refractivity contribution in [1.29, 1.82) is 5.26 Å². The molecule has 2 aromatic rings. The Morgan fingerprint density at radius 3 is 2.17 bits per heavy atom. The van der Waals surface area contributed by atoms with Crippen molar-refractivity contribution >= 4 is 23.3 Å². The summed E-state index contributed by atoms with van der Waals surface area (Å²) in [5, 5.41) is 9.15. The highest BCUT2D eigenvalue weighted by molar-refractivity contribution is 6.08. The maximum Gasteiger partial charge on any atom is 0.417 e.